The Bertz CT molecular complexity index is 108. The largest absolute Gasteiger partial charge is 0.123 e. The van der Waals surface area contributed by atoms with Crippen LogP contribution in [0.5, 0.6) is 0 Å². The molecule has 1 atom stereocenters. The summed E-state index contributed by atoms with van der Waals surface area (Å²) in [6.07, 6.45) is 3.66. The molecule has 1 unspecified atom stereocenters. The van der Waals surface area contributed by atoms with Crippen molar-refractivity contribution in [3.63, 3.8) is 0 Å². The molecule has 0 aliphatic carbocycles. The third-order valence-corrected chi connectivity index (χ3v) is 3.11. The SMILES string of the molecule is CCC(Cl)C(CC(C)C)CC(C)C. The summed E-state index contributed by atoms with van der Waals surface area (Å²) in [7, 11) is 0. The molecule has 0 aliphatic rings. The standard InChI is InChI=1S/C12H25Cl/c1-6-12(13)11(7-9(2)3)8-10(4)5/h9-12H,6-8H2,1-5H3. The molecule has 0 saturated carbocycles. The van der Waals surface area contributed by atoms with E-state index in [1.165, 1.54) is 12.8 Å². The van der Waals surface area contributed by atoms with Crippen LogP contribution in [0.3, 0.4) is 0 Å². The van der Waals surface area contributed by atoms with Crippen molar-refractivity contribution < 1.29 is 0 Å². The molecule has 0 radical (unpaired) electrons. The van der Waals surface area contributed by atoms with E-state index in [1.807, 2.05) is 0 Å². The predicted octanol–water partition coefficient (Wildman–Crippen LogP) is 4.71. The Morgan fingerprint density at radius 3 is 1.54 bits per heavy atom. The van der Waals surface area contributed by atoms with Crippen LogP contribution >= 0.6 is 11.6 Å². The second-order valence-electron chi connectivity index (χ2n) is 4.94. The van der Waals surface area contributed by atoms with Crippen LogP contribution in [-0.4, -0.2) is 5.38 Å². The molecule has 0 nitrogen and oxygen atoms in total. The topological polar surface area (TPSA) is 0 Å². The lowest BCUT2D eigenvalue weighted by Crippen LogP contribution is -2.18. The van der Waals surface area contributed by atoms with Gasteiger partial charge in [-0.3, -0.25) is 0 Å². The van der Waals surface area contributed by atoms with Gasteiger partial charge in [0.05, 0.1) is 0 Å². The van der Waals surface area contributed by atoms with E-state index in [0.717, 1.165) is 18.3 Å². The van der Waals surface area contributed by atoms with Gasteiger partial charge >= 0.3 is 0 Å². The van der Waals surface area contributed by atoms with Crippen molar-refractivity contribution in [2.24, 2.45) is 17.8 Å². The van der Waals surface area contributed by atoms with Crippen molar-refractivity contribution in [1.29, 1.82) is 0 Å². The summed E-state index contributed by atoms with van der Waals surface area (Å²) >= 11 is 6.32. The van der Waals surface area contributed by atoms with Crippen LogP contribution in [-0.2, 0) is 0 Å². The average Bonchev–Trinajstić information content (AvgIpc) is 2.00. The van der Waals surface area contributed by atoms with Crippen LogP contribution in [0.2, 0.25) is 0 Å². The summed E-state index contributed by atoms with van der Waals surface area (Å²) in [5, 5.41) is 0.379. The zero-order valence-corrected chi connectivity index (χ0v) is 10.6. The normalized spacial score (nSPS) is 14.5. The quantitative estimate of drug-likeness (QED) is 0.550. The van der Waals surface area contributed by atoms with Gasteiger partial charge in [0.25, 0.3) is 0 Å². The first-order valence-corrected chi connectivity index (χ1v) is 6.05. The minimum Gasteiger partial charge on any atom is -0.123 e. The van der Waals surface area contributed by atoms with Gasteiger partial charge in [0, 0.05) is 5.38 Å². The van der Waals surface area contributed by atoms with E-state index >= 15 is 0 Å². The van der Waals surface area contributed by atoms with Gasteiger partial charge in [-0.25, -0.2) is 0 Å². The highest BCUT2D eigenvalue weighted by Crippen LogP contribution is 2.28. The van der Waals surface area contributed by atoms with Crippen LogP contribution < -0.4 is 0 Å². The molecule has 0 bridgehead atoms. The molecule has 0 saturated heterocycles. The van der Waals surface area contributed by atoms with Crippen molar-refractivity contribution in [2.75, 3.05) is 0 Å². The van der Waals surface area contributed by atoms with Gasteiger partial charge in [0.1, 0.15) is 0 Å². The molecular weight excluding hydrogens is 180 g/mol. The molecule has 1 heteroatoms. The second-order valence-corrected chi connectivity index (χ2v) is 5.50. The van der Waals surface area contributed by atoms with E-state index in [0.29, 0.717) is 11.3 Å². The highest BCUT2D eigenvalue weighted by atomic mass is 35.5. The van der Waals surface area contributed by atoms with Crippen molar-refractivity contribution in [3.8, 4) is 0 Å². The van der Waals surface area contributed by atoms with E-state index in [1.54, 1.807) is 0 Å². The molecule has 13 heavy (non-hydrogen) atoms. The first kappa shape index (κ1) is 13.3. The summed E-state index contributed by atoms with van der Waals surface area (Å²) in [5.41, 5.74) is 0. The summed E-state index contributed by atoms with van der Waals surface area (Å²) in [6, 6.07) is 0. The molecule has 0 fully saturated rings. The number of hydrogen-bond acceptors (Lipinski definition) is 0. The number of halogens is 1. The molecule has 0 rings (SSSR count). The van der Waals surface area contributed by atoms with Gasteiger partial charge in [-0.15, -0.1) is 11.6 Å². The zero-order chi connectivity index (χ0) is 10.4. The van der Waals surface area contributed by atoms with Gasteiger partial charge in [-0.2, -0.15) is 0 Å². The second kappa shape index (κ2) is 6.70. The predicted molar refractivity (Wildman–Crippen MR) is 62.3 cm³/mol. The Morgan fingerprint density at radius 1 is 0.923 bits per heavy atom. The molecule has 80 valence electrons. The molecule has 0 aromatic carbocycles. The Labute approximate surface area is 89.1 Å². The van der Waals surface area contributed by atoms with Gasteiger partial charge < -0.3 is 0 Å². The van der Waals surface area contributed by atoms with Crippen LogP contribution in [0.15, 0.2) is 0 Å². The van der Waals surface area contributed by atoms with Crippen molar-refractivity contribution in [3.05, 3.63) is 0 Å². The zero-order valence-electron chi connectivity index (χ0n) is 9.81. The van der Waals surface area contributed by atoms with E-state index in [9.17, 15) is 0 Å². The van der Waals surface area contributed by atoms with Gasteiger partial charge in [-0.05, 0) is 37.0 Å². The fourth-order valence-electron chi connectivity index (χ4n) is 1.94. The van der Waals surface area contributed by atoms with Crippen molar-refractivity contribution in [2.45, 2.75) is 59.3 Å². The molecule has 0 aromatic heterocycles. The minimum absolute atomic E-state index is 0.379. The van der Waals surface area contributed by atoms with Crippen LogP contribution in [0.4, 0.5) is 0 Å². The Morgan fingerprint density at radius 2 is 1.31 bits per heavy atom. The summed E-state index contributed by atoms with van der Waals surface area (Å²) in [4.78, 5) is 0. The molecule has 0 heterocycles. The first-order valence-electron chi connectivity index (χ1n) is 5.61. The van der Waals surface area contributed by atoms with E-state index in [4.69, 9.17) is 11.6 Å². The Balaban J connectivity index is 4.02. The molecule has 0 spiro atoms. The first-order chi connectivity index (χ1) is 5.97. The lowest BCUT2D eigenvalue weighted by molar-refractivity contribution is 0.327. The van der Waals surface area contributed by atoms with Gasteiger partial charge in [0.2, 0.25) is 0 Å². The number of alkyl halides is 1. The maximum atomic E-state index is 6.32. The minimum atomic E-state index is 0.379. The van der Waals surface area contributed by atoms with Crippen LogP contribution in [0.1, 0.15) is 53.9 Å². The lowest BCUT2D eigenvalue weighted by atomic mass is 9.86. The highest BCUT2D eigenvalue weighted by Gasteiger charge is 2.19. The summed E-state index contributed by atoms with van der Waals surface area (Å²) in [5.74, 6) is 2.26. The fourth-order valence-corrected chi connectivity index (χ4v) is 2.14. The Hall–Kier alpha value is 0.290. The van der Waals surface area contributed by atoms with Gasteiger partial charge in [0.15, 0.2) is 0 Å². The van der Waals surface area contributed by atoms with E-state index < -0.39 is 0 Å². The fraction of sp³-hybridized carbons (Fsp3) is 1.00. The smallest absolute Gasteiger partial charge is 0.0361 e. The van der Waals surface area contributed by atoms with Gasteiger partial charge in [-0.1, -0.05) is 34.6 Å². The number of rotatable bonds is 6. The van der Waals surface area contributed by atoms with Crippen LogP contribution in [0.25, 0.3) is 0 Å². The van der Waals surface area contributed by atoms with E-state index in [-0.39, 0.29) is 0 Å². The third-order valence-electron chi connectivity index (χ3n) is 2.45. The van der Waals surface area contributed by atoms with Crippen molar-refractivity contribution >= 4 is 11.6 Å². The Kier molecular flexibility index (Phi) is 6.85. The van der Waals surface area contributed by atoms with Crippen molar-refractivity contribution in [1.82, 2.24) is 0 Å². The molecule has 0 aliphatic heterocycles. The molecular formula is C12H25Cl. The highest BCUT2D eigenvalue weighted by molar-refractivity contribution is 6.20. The third kappa shape index (κ3) is 6.37. The maximum Gasteiger partial charge on any atom is 0.0361 e. The molecule has 0 N–H and O–H groups in total. The lowest BCUT2D eigenvalue weighted by Gasteiger charge is -2.24. The van der Waals surface area contributed by atoms with E-state index in [2.05, 4.69) is 34.6 Å². The maximum absolute atomic E-state index is 6.32. The van der Waals surface area contributed by atoms with Crippen LogP contribution in [0, 0.1) is 17.8 Å². The summed E-state index contributed by atoms with van der Waals surface area (Å²) in [6.45, 7) is 11.3. The summed E-state index contributed by atoms with van der Waals surface area (Å²) < 4.78 is 0. The number of hydrogen-bond donors (Lipinski definition) is 0. The monoisotopic (exact) mass is 204 g/mol. The average molecular weight is 205 g/mol. The molecule has 0 amide bonds. The molecule has 0 aromatic rings.